The molecule has 1 aliphatic heterocycles. The summed E-state index contributed by atoms with van der Waals surface area (Å²) >= 11 is 0. The van der Waals surface area contributed by atoms with Gasteiger partial charge in [-0.3, -0.25) is 0 Å². The first-order valence-electron chi connectivity index (χ1n) is 7.54. The highest BCUT2D eigenvalue weighted by molar-refractivity contribution is 5.74. The minimum atomic E-state index is -0.265. The smallest absolute Gasteiger partial charge is 0.317 e. The predicted molar refractivity (Wildman–Crippen MR) is 79.4 cm³/mol. The van der Waals surface area contributed by atoms with Crippen molar-refractivity contribution in [2.24, 2.45) is 5.92 Å². The molecule has 0 aliphatic carbocycles. The normalized spacial score (nSPS) is 17.7. The molecule has 1 N–H and O–H groups in total. The maximum Gasteiger partial charge on any atom is 0.317 e. The van der Waals surface area contributed by atoms with Gasteiger partial charge in [-0.15, -0.1) is 0 Å². The van der Waals surface area contributed by atoms with E-state index in [1.807, 2.05) is 4.90 Å². The maximum absolute atomic E-state index is 12.8. The number of amides is 2. The molecule has 1 unspecified atom stereocenters. The van der Waals surface area contributed by atoms with E-state index in [4.69, 9.17) is 4.74 Å². The predicted octanol–water partition coefficient (Wildman–Crippen LogP) is 2.78. The lowest BCUT2D eigenvalue weighted by atomic mass is 10.1. The van der Waals surface area contributed by atoms with Gasteiger partial charge < -0.3 is 15.0 Å². The molecule has 2 amide bonds. The van der Waals surface area contributed by atoms with Crippen molar-refractivity contribution in [1.82, 2.24) is 10.2 Å². The van der Waals surface area contributed by atoms with Gasteiger partial charge >= 0.3 is 6.03 Å². The van der Waals surface area contributed by atoms with Crippen LogP contribution in [0.4, 0.5) is 9.18 Å². The van der Waals surface area contributed by atoms with Crippen molar-refractivity contribution in [3.05, 3.63) is 35.6 Å². The Balaban J connectivity index is 1.83. The van der Waals surface area contributed by atoms with Gasteiger partial charge in [-0.25, -0.2) is 9.18 Å². The molecule has 2 rings (SSSR count). The molecule has 0 spiro atoms. The van der Waals surface area contributed by atoms with Crippen LogP contribution in [0.3, 0.4) is 0 Å². The van der Waals surface area contributed by atoms with Gasteiger partial charge in [0, 0.05) is 32.2 Å². The van der Waals surface area contributed by atoms with Crippen molar-refractivity contribution < 1.29 is 13.9 Å². The highest BCUT2D eigenvalue weighted by Gasteiger charge is 2.21. The Morgan fingerprint density at radius 2 is 2.19 bits per heavy atom. The fourth-order valence-electron chi connectivity index (χ4n) is 2.48. The number of halogens is 1. The van der Waals surface area contributed by atoms with Gasteiger partial charge in [-0.2, -0.15) is 0 Å². The van der Waals surface area contributed by atoms with Gasteiger partial charge in [-0.1, -0.05) is 19.1 Å². The second kappa shape index (κ2) is 7.98. The lowest BCUT2D eigenvalue weighted by Gasteiger charge is -2.25. The van der Waals surface area contributed by atoms with Crippen molar-refractivity contribution in [1.29, 1.82) is 0 Å². The number of hydrogen-bond acceptors (Lipinski definition) is 2. The van der Waals surface area contributed by atoms with Crippen LogP contribution in [0.25, 0.3) is 0 Å². The molecule has 1 aliphatic rings. The van der Waals surface area contributed by atoms with E-state index in [1.165, 1.54) is 12.1 Å². The van der Waals surface area contributed by atoms with Crippen LogP contribution in [0.15, 0.2) is 24.3 Å². The molecule has 0 aromatic heterocycles. The Morgan fingerprint density at radius 3 is 2.81 bits per heavy atom. The summed E-state index contributed by atoms with van der Waals surface area (Å²) in [5.74, 6) is 0.173. The molecule has 1 heterocycles. The zero-order valence-corrected chi connectivity index (χ0v) is 12.5. The lowest BCUT2D eigenvalue weighted by Crippen LogP contribution is -2.42. The van der Waals surface area contributed by atoms with Crippen LogP contribution in [-0.2, 0) is 11.3 Å². The summed E-state index contributed by atoms with van der Waals surface area (Å²) in [5, 5.41) is 2.90. The van der Waals surface area contributed by atoms with E-state index in [0.29, 0.717) is 12.5 Å². The fraction of sp³-hybridized carbons (Fsp3) is 0.562. The van der Waals surface area contributed by atoms with Gasteiger partial charge in [0.1, 0.15) is 5.82 Å². The van der Waals surface area contributed by atoms with E-state index in [0.717, 1.165) is 44.7 Å². The first-order valence-corrected chi connectivity index (χ1v) is 7.54. The lowest BCUT2D eigenvalue weighted by molar-refractivity contribution is 0.164. The average molecular weight is 294 g/mol. The number of urea groups is 1. The Bertz CT molecular complexity index is 444. The molecule has 0 radical (unpaired) electrons. The standard InChI is InChI=1S/C16H23FN2O2/c1-2-8-19(11-14-7-9-21-12-14)16(20)18-10-13-3-5-15(17)6-4-13/h3-6,14H,2,7-12H2,1H3,(H,18,20). The number of nitrogens with zero attached hydrogens (tertiary/aromatic N) is 1. The van der Waals surface area contributed by atoms with Crippen LogP contribution >= 0.6 is 0 Å². The molecule has 0 saturated carbocycles. The summed E-state index contributed by atoms with van der Waals surface area (Å²) in [7, 11) is 0. The van der Waals surface area contributed by atoms with E-state index in [9.17, 15) is 9.18 Å². The van der Waals surface area contributed by atoms with Crippen LogP contribution in [0.1, 0.15) is 25.3 Å². The molecule has 0 bridgehead atoms. The number of carbonyl (C=O) groups excluding carboxylic acids is 1. The van der Waals surface area contributed by atoms with Crippen molar-refractivity contribution >= 4 is 6.03 Å². The quantitative estimate of drug-likeness (QED) is 0.876. The number of hydrogen-bond donors (Lipinski definition) is 1. The third-order valence-corrected chi connectivity index (χ3v) is 3.64. The SMILES string of the molecule is CCCN(CC1CCOC1)C(=O)NCc1ccc(F)cc1. The van der Waals surface area contributed by atoms with Gasteiger partial charge in [0.15, 0.2) is 0 Å². The van der Waals surface area contributed by atoms with Crippen LogP contribution < -0.4 is 5.32 Å². The minimum Gasteiger partial charge on any atom is -0.381 e. The first-order chi connectivity index (χ1) is 10.2. The van der Waals surface area contributed by atoms with E-state index in [2.05, 4.69) is 12.2 Å². The molecule has 1 aromatic carbocycles. The van der Waals surface area contributed by atoms with E-state index in [-0.39, 0.29) is 11.8 Å². The van der Waals surface area contributed by atoms with E-state index >= 15 is 0 Å². The Hall–Kier alpha value is -1.62. The highest BCUT2D eigenvalue weighted by atomic mass is 19.1. The van der Waals surface area contributed by atoms with Crippen molar-refractivity contribution in [3.8, 4) is 0 Å². The summed E-state index contributed by atoms with van der Waals surface area (Å²) < 4.78 is 18.2. The average Bonchev–Trinajstić information content (AvgIpc) is 2.99. The number of benzene rings is 1. The molecule has 21 heavy (non-hydrogen) atoms. The molecule has 4 nitrogen and oxygen atoms in total. The van der Waals surface area contributed by atoms with Gasteiger partial charge in [-0.05, 0) is 30.5 Å². The molecular weight excluding hydrogens is 271 g/mol. The summed E-state index contributed by atoms with van der Waals surface area (Å²) in [6, 6.07) is 6.12. The zero-order valence-electron chi connectivity index (χ0n) is 12.5. The molecule has 1 aromatic rings. The zero-order chi connectivity index (χ0) is 15.1. The van der Waals surface area contributed by atoms with Gasteiger partial charge in [0.25, 0.3) is 0 Å². The molecule has 1 atom stereocenters. The third-order valence-electron chi connectivity index (χ3n) is 3.64. The summed E-state index contributed by atoms with van der Waals surface area (Å²) in [5.41, 5.74) is 0.894. The summed E-state index contributed by atoms with van der Waals surface area (Å²) in [4.78, 5) is 14.1. The van der Waals surface area contributed by atoms with Crippen LogP contribution in [-0.4, -0.2) is 37.2 Å². The number of nitrogens with one attached hydrogen (secondary N) is 1. The Kier molecular flexibility index (Phi) is 5.99. The van der Waals surface area contributed by atoms with Crippen molar-refractivity contribution in [3.63, 3.8) is 0 Å². The Labute approximate surface area is 125 Å². The van der Waals surface area contributed by atoms with Crippen molar-refractivity contribution in [2.75, 3.05) is 26.3 Å². The summed E-state index contributed by atoms with van der Waals surface area (Å²) in [6.45, 7) is 5.49. The van der Waals surface area contributed by atoms with Gasteiger partial charge in [0.05, 0.1) is 6.61 Å². The van der Waals surface area contributed by atoms with Crippen LogP contribution in [0.2, 0.25) is 0 Å². The number of ether oxygens (including phenoxy) is 1. The fourth-order valence-corrected chi connectivity index (χ4v) is 2.48. The minimum absolute atomic E-state index is 0.0620. The monoisotopic (exact) mass is 294 g/mol. The largest absolute Gasteiger partial charge is 0.381 e. The van der Waals surface area contributed by atoms with Gasteiger partial charge in [0.2, 0.25) is 0 Å². The highest BCUT2D eigenvalue weighted by Crippen LogP contribution is 2.14. The Morgan fingerprint density at radius 1 is 1.43 bits per heavy atom. The molecule has 1 fully saturated rings. The number of rotatable bonds is 6. The van der Waals surface area contributed by atoms with E-state index < -0.39 is 0 Å². The first kappa shape index (κ1) is 15.8. The third kappa shape index (κ3) is 5.01. The van der Waals surface area contributed by atoms with E-state index in [1.54, 1.807) is 12.1 Å². The van der Waals surface area contributed by atoms with Crippen LogP contribution in [0.5, 0.6) is 0 Å². The maximum atomic E-state index is 12.8. The summed E-state index contributed by atoms with van der Waals surface area (Å²) in [6.07, 6.45) is 1.95. The molecule has 5 heteroatoms. The topological polar surface area (TPSA) is 41.6 Å². The molecule has 1 saturated heterocycles. The van der Waals surface area contributed by atoms with Crippen molar-refractivity contribution in [2.45, 2.75) is 26.3 Å². The van der Waals surface area contributed by atoms with Crippen LogP contribution in [0, 0.1) is 11.7 Å². The number of carbonyl (C=O) groups is 1. The second-order valence-electron chi connectivity index (χ2n) is 5.46. The molecular formula is C16H23FN2O2. The second-order valence-corrected chi connectivity index (χ2v) is 5.46. The molecule has 116 valence electrons.